The van der Waals surface area contributed by atoms with Crippen molar-refractivity contribution >= 4 is 17.9 Å². The summed E-state index contributed by atoms with van der Waals surface area (Å²) in [5.41, 5.74) is 1.58. The fourth-order valence-electron chi connectivity index (χ4n) is 4.84. The zero-order valence-electron chi connectivity index (χ0n) is 26.9. The smallest absolute Gasteiger partial charge is 0.408 e. The number of unbranched alkanes of at least 4 members (excludes halogenated alkanes) is 5. The number of hydrogen-bond acceptors (Lipinski definition) is 4. The largest absolute Gasteiger partial charge is 0.444 e. The molecule has 0 aromatic heterocycles. The zero-order valence-corrected chi connectivity index (χ0v) is 26.9. The molecule has 0 saturated carbocycles. The van der Waals surface area contributed by atoms with E-state index in [2.05, 4.69) is 23.5 Å². The summed E-state index contributed by atoms with van der Waals surface area (Å²) in [6.07, 6.45) is 11.8. The highest BCUT2D eigenvalue weighted by Gasteiger charge is 2.37. The molecule has 234 valence electrons. The Hall–Kier alpha value is -3.79. The standard InChI is InChI=1S/C36H51N3O4/c1-8-11-12-13-14-18-25-39(34(41)31(27(4)9-2)38-35(42)43-36(5,6)7)32(30-23-21-28(10-3)22-24-30)33(40)37-26-29-19-16-15-17-20-29/h3,15-17,19-24,27,31-32H,8-9,11-14,18,25-26H2,1-2,4-7H3,(H,37,40)(H,38,42). The molecule has 7 heteroatoms. The molecule has 2 aromatic rings. The number of nitrogens with one attached hydrogen (secondary N) is 2. The molecule has 7 nitrogen and oxygen atoms in total. The molecule has 3 atom stereocenters. The highest BCUT2D eigenvalue weighted by Crippen LogP contribution is 2.26. The van der Waals surface area contributed by atoms with Crippen LogP contribution in [0.4, 0.5) is 4.79 Å². The average molecular weight is 590 g/mol. The number of carbonyl (C=O) groups excluding carboxylic acids is 3. The Morgan fingerprint density at radius 2 is 1.56 bits per heavy atom. The average Bonchev–Trinajstić information content (AvgIpc) is 2.99. The third-order valence-corrected chi connectivity index (χ3v) is 7.45. The van der Waals surface area contributed by atoms with Gasteiger partial charge in [0.25, 0.3) is 0 Å². The molecule has 2 N–H and O–H groups in total. The Balaban J connectivity index is 2.49. The van der Waals surface area contributed by atoms with Crippen LogP contribution >= 0.6 is 0 Å². The van der Waals surface area contributed by atoms with E-state index in [1.54, 1.807) is 37.8 Å². The van der Waals surface area contributed by atoms with E-state index >= 15 is 0 Å². The van der Waals surface area contributed by atoms with Crippen molar-refractivity contribution in [3.8, 4) is 12.3 Å². The van der Waals surface area contributed by atoms with Gasteiger partial charge in [-0.3, -0.25) is 9.59 Å². The lowest BCUT2D eigenvalue weighted by Crippen LogP contribution is -2.55. The molecule has 0 spiro atoms. The zero-order chi connectivity index (χ0) is 31.8. The van der Waals surface area contributed by atoms with Crippen LogP contribution in [0.15, 0.2) is 54.6 Å². The van der Waals surface area contributed by atoms with Crippen molar-refractivity contribution in [1.29, 1.82) is 0 Å². The van der Waals surface area contributed by atoms with E-state index in [0.717, 1.165) is 37.7 Å². The van der Waals surface area contributed by atoms with Crippen molar-refractivity contribution in [2.24, 2.45) is 5.92 Å². The van der Waals surface area contributed by atoms with Crippen LogP contribution in [0.2, 0.25) is 0 Å². The SMILES string of the molecule is C#Cc1ccc(C(C(=O)NCc2ccccc2)N(CCCCCCCC)C(=O)C(NC(=O)OC(C)(C)C)C(C)CC)cc1. The fraction of sp³-hybridized carbons (Fsp3) is 0.528. The summed E-state index contributed by atoms with van der Waals surface area (Å²) < 4.78 is 5.52. The maximum Gasteiger partial charge on any atom is 0.408 e. The van der Waals surface area contributed by atoms with E-state index in [1.165, 1.54) is 6.42 Å². The third kappa shape index (κ3) is 12.2. The lowest BCUT2D eigenvalue weighted by atomic mass is 9.95. The highest BCUT2D eigenvalue weighted by molar-refractivity contribution is 5.92. The van der Waals surface area contributed by atoms with Gasteiger partial charge < -0.3 is 20.3 Å². The summed E-state index contributed by atoms with van der Waals surface area (Å²) in [7, 11) is 0. The van der Waals surface area contributed by atoms with Gasteiger partial charge in [-0.1, -0.05) is 108 Å². The Morgan fingerprint density at radius 3 is 2.14 bits per heavy atom. The minimum atomic E-state index is -0.911. The Bertz CT molecular complexity index is 1180. The van der Waals surface area contributed by atoms with Gasteiger partial charge in [0.2, 0.25) is 11.8 Å². The number of benzene rings is 2. The second-order valence-corrected chi connectivity index (χ2v) is 12.2. The molecule has 3 amide bonds. The highest BCUT2D eigenvalue weighted by atomic mass is 16.6. The van der Waals surface area contributed by atoms with Crippen LogP contribution in [0.3, 0.4) is 0 Å². The van der Waals surface area contributed by atoms with Crippen LogP contribution in [0, 0.1) is 18.3 Å². The first kappa shape index (κ1) is 35.4. The molecule has 0 aliphatic heterocycles. The molecule has 2 aromatic carbocycles. The molecule has 0 fully saturated rings. The first-order valence-corrected chi connectivity index (χ1v) is 15.7. The fourth-order valence-corrected chi connectivity index (χ4v) is 4.84. The summed E-state index contributed by atoms with van der Waals surface area (Å²) in [6, 6.07) is 15.1. The van der Waals surface area contributed by atoms with E-state index < -0.39 is 23.8 Å². The van der Waals surface area contributed by atoms with Crippen molar-refractivity contribution < 1.29 is 19.1 Å². The number of hydrogen-bond donors (Lipinski definition) is 2. The van der Waals surface area contributed by atoms with Crippen molar-refractivity contribution in [3.63, 3.8) is 0 Å². The molecule has 3 unspecified atom stereocenters. The summed E-state index contributed by atoms with van der Waals surface area (Å²) in [5, 5.41) is 5.88. The number of terminal acetylenes is 1. The second kappa shape index (κ2) is 18.0. The molecule has 0 bridgehead atoms. The van der Waals surface area contributed by atoms with Gasteiger partial charge in [-0.05, 0) is 56.4 Å². The number of rotatable bonds is 16. The molecular weight excluding hydrogens is 538 g/mol. The maximum atomic E-state index is 14.5. The predicted octanol–water partition coefficient (Wildman–Crippen LogP) is 7.15. The molecule has 43 heavy (non-hydrogen) atoms. The number of nitrogens with zero attached hydrogens (tertiary/aromatic N) is 1. The van der Waals surface area contributed by atoms with Crippen molar-refractivity contribution in [3.05, 3.63) is 71.3 Å². The molecule has 0 saturated heterocycles. The van der Waals surface area contributed by atoms with E-state index in [9.17, 15) is 14.4 Å². The van der Waals surface area contributed by atoms with Gasteiger partial charge in [0.15, 0.2) is 0 Å². The minimum Gasteiger partial charge on any atom is -0.444 e. The molecular formula is C36H51N3O4. The summed E-state index contributed by atoms with van der Waals surface area (Å²) in [4.78, 5) is 43.0. The van der Waals surface area contributed by atoms with Crippen molar-refractivity contribution in [1.82, 2.24) is 15.5 Å². The normalized spacial score (nSPS) is 13.2. The summed E-state index contributed by atoms with van der Waals surface area (Å²) in [5.74, 6) is 1.82. The van der Waals surface area contributed by atoms with Gasteiger partial charge in [-0.15, -0.1) is 6.42 Å². The maximum absolute atomic E-state index is 14.5. The van der Waals surface area contributed by atoms with Crippen LogP contribution in [-0.2, 0) is 20.9 Å². The first-order chi connectivity index (χ1) is 20.5. The van der Waals surface area contributed by atoms with Gasteiger partial charge in [-0.25, -0.2) is 4.79 Å². The van der Waals surface area contributed by atoms with E-state index in [0.29, 0.717) is 30.6 Å². The topological polar surface area (TPSA) is 87.7 Å². The van der Waals surface area contributed by atoms with Gasteiger partial charge >= 0.3 is 6.09 Å². The number of alkyl carbamates (subject to hydrolysis) is 1. The van der Waals surface area contributed by atoms with E-state index in [1.807, 2.05) is 56.3 Å². The van der Waals surface area contributed by atoms with Gasteiger partial charge in [-0.2, -0.15) is 0 Å². The van der Waals surface area contributed by atoms with Crippen LogP contribution < -0.4 is 10.6 Å². The van der Waals surface area contributed by atoms with E-state index in [-0.39, 0.29) is 17.7 Å². The monoisotopic (exact) mass is 589 g/mol. The van der Waals surface area contributed by atoms with Crippen LogP contribution in [-0.4, -0.2) is 41.0 Å². The van der Waals surface area contributed by atoms with Gasteiger partial charge in [0.1, 0.15) is 17.7 Å². The minimum absolute atomic E-state index is 0.191. The number of carbonyl (C=O) groups is 3. The molecule has 0 heterocycles. The lowest BCUT2D eigenvalue weighted by molar-refractivity contribution is -0.143. The predicted molar refractivity (Wildman–Crippen MR) is 173 cm³/mol. The number of amides is 3. The van der Waals surface area contributed by atoms with Gasteiger partial charge in [0, 0.05) is 18.7 Å². The quantitative estimate of drug-likeness (QED) is 0.161. The summed E-state index contributed by atoms with van der Waals surface area (Å²) >= 11 is 0. The lowest BCUT2D eigenvalue weighted by Gasteiger charge is -2.36. The van der Waals surface area contributed by atoms with Gasteiger partial charge in [0.05, 0.1) is 0 Å². The molecule has 2 rings (SSSR count). The Labute approximate surface area is 259 Å². The van der Waals surface area contributed by atoms with Crippen molar-refractivity contribution in [2.75, 3.05) is 6.54 Å². The molecule has 0 aliphatic rings. The third-order valence-electron chi connectivity index (χ3n) is 7.45. The molecule has 0 aliphatic carbocycles. The molecule has 0 radical (unpaired) electrons. The first-order valence-electron chi connectivity index (χ1n) is 15.7. The Kier molecular flexibility index (Phi) is 14.8. The van der Waals surface area contributed by atoms with Crippen LogP contribution in [0.25, 0.3) is 0 Å². The summed E-state index contributed by atoms with van der Waals surface area (Å²) in [6.45, 7) is 12.1. The van der Waals surface area contributed by atoms with Crippen LogP contribution in [0.1, 0.15) is 109 Å². The second-order valence-electron chi connectivity index (χ2n) is 12.2. The van der Waals surface area contributed by atoms with E-state index in [4.69, 9.17) is 11.2 Å². The Morgan fingerprint density at radius 1 is 0.930 bits per heavy atom. The van der Waals surface area contributed by atoms with Crippen LogP contribution in [0.5, 0.6) is 0 Å². The van der Waals surface area contributed by atoms with Crippen molar-refractivity contribution in [2.45, 2.75) is 111 Å². The number of ether oxygens (including phenoxy) is 1.